The van der Waals surface area contributed by atoms with Crippen molar-refractivity contribution >= 4 is 11.9 Å². The van der Waals surface area contributed by atoms with E-state index in [-0.39, 0.29) is 24.1 Å². The van der Waals surface area contributed by atoms with Gasteiger partial charge in [-0.3, -0.25) is 9.48 Å². The Labute approximate surface area is 136 Å². The predicted octanol–water partition coefficient (Wildman–Crippen LogP) is 1.51. The first-order valence-corrected chi connectivity index (χ1v) is 7.90. The Kier molecular flexibility index (Phi) is 4.79. The van der Waals surface area contributed by atoms with E-state index in [4.69, 9.17) is 9.84 Å². The first-order chi connectivity index (χ1) is 10.6. The van der Waals surface area contributed by atoms with E-state index in [1.165, 1.54) is 0 Å². The summed E-state index contributed by atoms with van der Waals surface area (Å²) >= 11 is 0. The number of nitrogens with zero attached hydrogens (tertiary/aromatic N) is 3. The van der Waals surface area contributed by atoms with Crippen LogP contribution in [0.3, 0.4) is 0 Å². The molecule has 0 bridgehead atoms. The van der Waals surface area contributed by atoms with Crippen LogP contribution in [0.2, 0.25) is 0 Å². The number of carbonyl (C=O) groups excluding carboxylic acids is 1. The van der Waals surface area contributed by atoms with Gasteiger partial charge < -0.3 is 14.7 Å². The van der Waals surface area contributed by atoms with Gasteiger partial charge in [-0.15, -0.1) is 0 Å². The molecule has 1 aromatic rings. The van der Waals surface area contributed by atoms with Crippen LogP contribution in [0.5, 0.6) is 0 Å². The van der Waals surface area contributed by atoms with Crippen molar-refractivity contribution in [3.05, 3.63) is 17.5 Å². The molecule has 1 aliphatic rings. The highest BCUT2D eigenvalue weighted by molar-refractivity contribution is 5.95. The monoisotopic (exact) mass is 323 g/mol. The molecule has 0 saturated carbocycles. The Balaban J connectivity index is 2.30. The molecule has 1 unspecified atom stereocenters. The third kappa shape index (κ3) is 3.55. The SMILES string of the molecule is CCc1c(C(=O)N2CC(C(=O)O)O[C@H](C)C2)cnn1C(C)(C)C. The van der Waals surface area contributed by atoms with Crippen LogP contribution in [0.1, 0.15) is 50.7 Å². The zero-order valence-corrected chi connectivity index (χ0v) is 14.4. The van der Waals surface area contributed by atoms with Crippen LogP contribution in [0.15, 0.2) is 6.20 Å². The Hall–Kier alpha value is -1.89. The van der Waals surface area contributed by atoms with Crippen molar-refractivity contribution in [2.24, 2.45) is 0 Å². The minimum Gasteiger partial charge on any atom is -0.479 e. The van der Waals surface area contributed by atoms with Gasteiger partial charge in [-0.1, -0.05) is 6.92 Å². The second-order valence-corrected chi connectivity index (χ2v) is 6.92. The molecule has 1 fully saturated rings. The van der Waals surface area contributed by atoms with Crippen LogP contribution in [0.25, 0.3) is 0 Å². The third-order valence-electron chi connectivity index (χ3n) is 3.89. The molecule has 128 valence electrons. The maximum absolute atomic E-state index is 12.9. The molecule has 1 aliphatic heterocycles. The van der Waals surface area contributed by atoms with Gasteiger partial charge >= 0.3 is 5.97 Å². The summed E-state index contributed by atoms with van der Waals surface area (Å²) in [6.07, 6.45) is 0.977. The Morgan fingerprint density at radius 2 is 2.04 bits per heavy atom. The number of carboxylic acid groups (broad SMARTS) is 1. The van der Waals surface area contributed by atoms with Crippen LogP contribution in [-0.2, 0) is 21.5 Å². The largest absolute Gasteiger partial charge is 0.479 e. The minimum atomic E-state index is -1.05. The van der Waals surface area contributed by atoms with Gasteiger partial charge in [0.2, 0.25) is 0 Å². The highest BCUT2D eigenvalue weighted by Crippen LogP contribution is 2.22. The first-order valence-electron chi connectivity index (χ1n) is 7.90. The fraction of sp³-hybridized carbons (Fsp3) is 0.688. The van der Waals surface area contributed by atoms with Crippen molar-refractivity contribution < 1.29 is 19.4 Å². The van der Waals surface area contributed by atoms with Gasteiger partial charge in [-0.05, 0) is 34.1 Å². The van der Waals surface area contributed by atoms with Crippen molar-refractivity contribution in [3.63, 3.8) is 0 Å². The fourth-order valence-electron chi connectivity index (χ4n) is 2.89. The second kappa shape index (κ2) is 6.31. The standard InChI is InChI=1S/C16H25N3O4/c1-6-12-11(7-17-19(12)16(3,4)5)14(20)18-8-10(2)23-13(9-18)15(21)22/h7,10,13H,6,8-9H2,1-5H3,(H,21,22)/t10-,13?/m1/s1. The summed E-state index contributed by atoms with van der Waals surface area (Å²) < 4.78 is 7.23. The summed E-state index contributed by atoms with van der Waals surface area (Å²) in [5.74, 6) is -1.23. The summed E-state index contributed by atoms with van der Waals surface area (Å²) in [4.78, 5) is 25.6. The number of aliphatic carboxylic acids is 1. The average molecular weight is 323 g/mol. The van der Waals surface area contributed by atoms with Crippen molar-refractivity contribution in [1.29, 1.82) is 0 Å². The number of rotatable bonds is 3. The van der Waals surface area contributed by atoms with Crippen LogP contribution < -0.4 is 0 Å². The molecule has 1 aromatic heterocycles. The summed E-state index contributed by atoms with van der Waals surface area (Å²) in [6.45, 7) is 10.3. The van der Waals surface area contributed by atoms with Crippen LogP contribution in [0.4, 0.5) is 0 Å². The van der Waals surface area contributed by atoms with Crippen molar-refractivity contribution in [1.82, 2.24) is 14.7 Å². The maximum atomic E-state index is 12.9. The Morgan fingerprint density at radius 3 is 2.57 bits per heavy atom. The van der Waals surface area contributed by atoms with E-state index in [9.17, 15) is 9.59 Å². The molecule has 7 heteroatoms. The number of amides is 1. The van der Waals surface area contributed by atoms with Gasteiger partial charge in [0, 0.05) is 6.54 Å². The van der Waals surface area contributed by atoms with E-state index in [1.807, 2.05) is 32.4 Å². The van der Waals surface area contributed by atoms with Crippen LogP contribution in [-0.4, -0.2) is 57.0 Å². The van der Waals surface area contributed by atoms with Gasteiger partial charge in [0.15, 0.2) is 6.10 Å². The summed E-state index contributed by atoms with van der Waals surface area (Å²) in [5.41, 5.74) is 1.19. The normalized spacial score (nSPS) is 22.2. The molecule has 0 aliphatic carbocycles. The number of morpholine rings is 1. The van der Waals surface area contributed by atoms with Crippen molar-refractivity contribution in [3.8, 4) is 0 Å². The lowest BCUT2D eigenvalue weighted by molar-refractivity contribution is -0.160. The smallest absolute Gasteiger partial charge is 0.334 e. The fourth-order valence-corrected chi connectivity index (χ4v) is 2.89. The molecule has 7 nitrogen and oxygen atoms in total. The van der Waals surface area contributed by atoms with E-state index >= 15 is 0 Å². The van der Waals surface area contributed by atoms with Crippen molar-refractivity contribution in [2.45, 2.75) is 58.8 Å². The molecule has 0 spiro atoms. The number of carbonyl (C=O) groups is 2. The number of carboxylic acids is 1. The highest BCUT2D eigenvalue weighted by Gasteiger charge is 2.34. The summed E-state index contributed by atoms with van der Waals surface area (Å²) in [5, 5.41) is 13.5. The van der Waals surface area contributed by atoms with Crippen molar-refractivity contribution in [2.75, 3.05) is 13.1 Å². The zero-order chi connectivity index (χ0) is 17.4. The predicted molar refractivity (Wildman–Crippen MR) is 84.5 cm³/mol. The Bertz CT molecular complexity index is 603. The van der Waals surface area contributed by atoms with Gasteiger partial charge in [0.25, 0.3) is 5.91 Å². The number of ether oxygens (including phenoxy) is 1. The molecular weight excluding hydrogens is 298 g/mol. The molecule has 2 atom stereocenters. The van der Waals surface area contributed by atoms with Gasteiger partial charge in [-0.25, -0.2) is 4.79 Å². The molecule has 0 aromatic carbocycles. The number of hydrogen-bond acceptors (Lipinski definition) is 4. The third-order valence-corrected chi connectivity index (χ3v) is 3.89. The summed E-state index contributed by atoms with van der Waals surface area (Å²) in [7, 11) is 0. The molecule has 0 radical (unpaired) electrons. The molecule has 1 N–H and O–H groups in total. The van der Waals surface area contributed by atoms with E-state index in [2.05, 4.69) is 5.10 Å². The lowest BCUT2D eigenvalue weighted by Gasteiger charge is -2.35. The van der Waals surface area contributed by atoms with E-state index in [0.717, 1.165) is 5.69 Å². The van der Waals surface area contributed by atoms with Gasteiger partial charge in [-0.2, -0.15) is 5.10 Å². The van der Waals surface area contributed by atoms with E-state index < -0.39 is 12.1 Å². The van der Waals surface area contributed by atoms with E-state index in [0.29, 0.717) is 18.5 Å². The molecule has 23 heavy (non-hydrogen) atoms. The average Bonchev–Trinajstić information content (AvgIpc) is 2.89. The molecular formula is C16H25N3O4. The quantitative estimate of drug-likeness (QED) is 0.911. The molecule has 1 saturated heterocycles. The zero-order valence-electron chi connectivity index (χ0n) is 14.4. The van der Waals surface area contributed by atoms with Crippen LogP contribution in [0, 0.1) is 0 Å². The second-order valence-electron chi connectivity index (χ2n) is 6.92. The molecule has 2 heterocycles. The Morgan fingerprint density at radius 1 is 1.39 bits per heavy atom. The number of aromatic nitrogens is 2. The van der Waals surface area contributed by atoms with E-state index in [1.54, 1.807) is 18.0 Å². The minimum absolute atomic E-state index is 0.0579. The van der Waals surface area contributed by atoms with Gasteiger partial charge in [0.1, 0.15) is 0 Å². The molecule has 2 rings (SSSR count). The summed E-state index contributed by atoms with van der Waals surface area (Å²) in [6, 6.07) is 0. The maximum Gasteiger partial charge on any atom is 0.334 e. The highest BCUT2D eigenvalue weighted by atomic mass is 16.5. The number of hydrogen-bond donors (Lipinski definition) is 1. The lowest BCUT2D eigenvalue weighted by atomic mass is 10.1. The topological polar surface area (TPSA) is 84.7 Å². The van der Waals surface area contributed by atoms with Crippen LogP contribution >= 0.6 is 0 Å². The molecule has 1 amide bonds. The first kappa shape index (κ1) is 17.5. The lowest BCUT2D eigenvalue weighted by Crippen LogP contribution is -2.51. The van der Waals surface area contributed by atoms with Gasteiger partial charge in [0.05, 0.1) is 35.6 Å².